The fourth-order valence-electron chi connectivity index (χ4n) is 4.73. The maximum atomic E-state index is 13.6. The number of benzene rings is 2. The predicted octanol–water partition coefficient (Wildman–Crippen LogP) is 3.24. The van der Waals surface area contributed by atoms with E-state index in [-0.39, 0.29) is 12.5 Å². The summed E-state index contributed by atoms with van der Waals surface area (Å²) >= 11 is 0. The molecule has 35 heavy (non-hydrogen) atoms. The molecule has 0 spiro atoms. The van der Waals surface area contributed by atoms with Crippen molar-refractivity contribution in [2.45, 2.75) is 77.5 Å². The third-order valence-electron chi connectivity index (χ3n) is 6.67. The molecule has 0 heterocycles. The van der Waals surface area contributed by atoms with Gasteiger partial charge in [0, 0.05) is 0 Å². The molecule has 0 saturated heterocycles. The fraction of sp³-hybridized carbons (Fsp3) is 0.519. The topological polar surface area (TPSA) is 131 Å². The van der Waals surface area contributed by atoms with Gasteiger partial charge in [0.25, 0.3) is 5.91 Å². The highest BCUT2D eigenvalue weighted by Crippen LogP contribution is 2.27. The van der Waals surface area contributed by atoms with Gasteiger partial charge in [0.15, 0.2) is 6.10 Å². The Kier molecular flexibility index (Phi) is 8.86. The fourth-order valence-corrected chi connectivity index (χ4v) is 4.73. The van der Waals surface area contributed by atoms with Crippen LogP contribution in [0.5, 0.6) is 0 Å². The first-order chi connectivity index (χ1) is 16.6. The first-order valence-electron chi connectivity index (χ1n) is 12.3. The van der Waals surface area contributed by atoms with E-state index < -0.39 is 41.2 Å². The standard InChI is InChI=1S/C27H37N3O5/c1-27(2,3)23(24(28)31)29-25(32)21(16-17-13-14-18-9-7-8-10-19(18)15-17)22(26(33)30-34)35-20-11-5-4-6-12-20/h7-10,13-15,20-23,34H,4-6,11-12,16H2,1-3H3,(H2,28,31)(H,29,32)(H,30,33)/t21-,22+,23-/m1/s1. The number of nitrogens with one attached hydrogen (secondary N) is 2. The number of hydrogen-bond donors (Lipinski definition) is 4. The number of primary amides is 1. The molecule has 2 aromatic carbocycles. The zero-order valence-corrected chi connectivity index (χ0v) is 20.8. The second-order valence-electron chi connectivity index (χ2n) is 10.5. The molecule has 1 saturated carbocycles. The summed E-state index contributed by atoms with van der Waals surface area (Å²) in [5.74, 6) is -2.97. The van der Waals surface area contributed by atoms with Gasteiger partial charge >= 0.3 is 0 Å². The van der Waals surface area contributed by atoms with E-state index in [2.05, 4.69) is 5.32 Å². The first-order valence-corrected chi connectivity index (χ1v) is 12.3. The largest absolute Gasteiger partial charge is 0.368 e. The van der Waals surface area contributed by atoms with E-state index in [1.54, 1.807) is 26.3 Å². The van der Waals surface area contributed by atoms with Crippen LogP contribution in [0.4, 0.5) is 0 Å². The highest BCUT2D eigenvalue weighted by Gasteiger charge is 2.40. The maximum absolute atomic E-state index is 13.6. The molecule has 5 N–H and O–H groups in total. The Labute approximate surface area is 206 Å². The van der Waals surface area contributed by atoms with Crippen molar-refractivity contribution < 1.29 is 24.3 Å². The van der Waals surface area contributed by atoms with E-state index in [0.717, 1.165) is 48.4 Å². The highest BCUT2D eigenvalue weighted by atomic mass is 16.5. The van der Waals surface area contributed by atoms with Crippen LogP contribution in [-0.4, -0.2) is 41.2 Å². The van der Waals surface area contributed by atoms with Crippen LogP contribution in [-0.2, 0) is 25.5 Å². The molecule has 3 rings (SSSR count). The zero-order valence-electron chi connectivity index (χ0n) is 20.8. The molecule has 190 valence electrons. The van der Waals surface area contributed by atoms with Gasteiger partial charge in [-0.15, -0.1) is 0 Å². The first kappa shape index (κ1) is 26.6. The Bertz CT molecular complexity index is 1040. The van der Waals surface area contributed by atoms with Crippen molar-refractivity contribution in [1.29, 1.82) is 0 Å². The van der Waals surface area contributed by atoms with Crippen molar-refractivity contribution in [3.05, 3.63) is 48.0 Å². The number of carbonyl (C=O) groups excluding carboxylic acids is 3. The van der Waals surface area contributed by atoms with Crippen molar-refractivity contribution in [2.24, 2.45) is 17.1 Å². The highest BCUT2D eigenvalue weighted by molar-refractivity contribution is 5.92. The predicted molar refractivity (Wildman–Crippen MR) is 133 cm³/mol. The smallest absolute Gasteiger partial charge is 0.273 e. The van der Waals surface area contributed by atoms with E-state index in [1.807, 2.05) is 42.5 Å². The molecular formula is C27H37N3O5. The average molecular weight is 484 g/mol. The molecule has 0 aromatic heterocycles. The number of carbonyl (C=O) groups is 3. The summed E-state index contributed by atoms with van der Waals surface area (Å²) in [5.41, 5.74) is 7.47. The summed E-state index contributed by atoms with van der Waals surface area (Å²) in [5, 5.41) is 14.3. The number of amides is 3. The lowest BCUT2D eigenvalue weighted by Crippen LogP contribution is -2.56. The summed E-state index contributed by atoms with van der Waals surface area (Å²) < 4.78 is 6.17. The van der Waals surface area contributed by atoms with E-state index in [4.69, 9.17) is 10.5 Å². The number of ether oxygens (including phenoxy) is 1. The van der Waals surface area contributed by atoms with Crippen LogP contribution in [0.2, 0.25) is 0 Å². The van der Waals surface area contributed by atoms with E-state index in [1.165, 1.54) is 0 Å². The van der Waals surface area contributed by atoms with Crippen LogP contribution in [0.1, 0.15) is 58.4 Å². The van der Waals surface area contributed by atoms with E-state index >= 15 is 0 Å². The van der Waals surface area contributed by atoms with E-state index in [0.29, 0.717) is 0 Å². The molecule has 3 amide bonds. The normalized spacial score (nSPS) is 17.4. The van der Waals surface area contributed by atoms with E-state index in [9.17, 15) is 19.6 Å². The molecule has 0 radical (unpaired) electrons. The monoisotopic (exact) mass is 483 g/mol. The molecule has 1 fully saturated rings. The van der Waals surface area contributed by atoms with Gasteiger partial charge in [-0.25, -0.2) is 5.48 Å². The van der Waals surface area contributed by atoms with Crippen molar-refractivity contribution in [1.82, 2.24) is 10.8 Å². The van der Waals surface area contributed by atoms with Crippen LogP contribution in [0.25, 0.3) is 10.8 Å². The molecule has 1 aliphatic carbocycles. The minimum absolute atomic E-state index is 0.178. The van der Waals surface area contributed by atoms with Gasteiger partial charge < -0.3 is 15.8 Å². The molecule has 1 aliphatic rings. The average Bonchev–Trinajstić information content (AvgIpc) is 2.83. The van der Waals surface area contributed by atoms with Crippen LogP contribution >= 0.6 is 0 Å². The Morgan fingerprint density at radius 2 is 1.69 bits per heavy atom. The van der Waals surface area contributed by atoms with Gasteiger partial charge in [-0.2, -0.15) is 0 Å². The number of hydroxylamine groups is 1. The van der Waals surface area contributed by atoms with Gasteiger partial charge in [0.2, 0.25) is 11.8 Å². The third kappa shape index (κ3) is 7.02. The lowest BCUT2D eigenvalue weighted by Gasteiger charge is -2.34. The molecule has 2 aromatic rings. The van der Waals surface area contributed by atoms with Crippen LogP contribution in [0.3, 0.4) is 0 Å². The van der Waals surface area contributed by atoms with Gasteiger partial charge in [0.05, 0.1) is 12.0 Å². The quantitative estimate of drug-likeness (QED) is 0.321. The Morgan fingerprint density at radius 1 is 1.03 bits per heavy atom. The minimum atomic E-state index is -1.23. The number of hydrogen-bond acceptors (Lipinski definition) is 5. The lowest BCUT2D eigenvalue weighted by molar-refractivity contribution is -0.157. The van der Waals surface area contributed by atoms with Crippen molar-refractivity contribution in [2.75, 3.05) is 0 Å². The van der Waals surface area contributed by atoms with Crippen molar-refractivity contribution in [3.63, 3.8) is 0 Å². The minimum Gasteiger partial charge on any atom is -0.368 e. The molecule has 0 bridgehead atoms. The van der Waals surface area contributed by atoms with Crippen LogP contribution in [0, 0.1) is 11.3 Å². The van der Waals surface area contributed by atoms with Gasteiger partial charge in [-0.1, -0.05) is 82.5 Å². The summed E-state index contributed by atoms with van der Waals surface area (Å²) in [4.78, 5) is 38.6. The Balaban J connectivity index is 1.96. The summed E-state index contributed by atoms with van der Waals surface area (Å²) in [6.45, 7) is 5.41. The summed E-state index contributed by atoms with van der Waals surface area (Å²) in [6.07, 6.45) is 3.38. The van der Waals surface area contributed by atoms with Gasteiger partial charge in [-0.3, -0.25) is 19.6 Å². The van der Waals surface area contributed by atoms with Crippen LogP contribution in [0.15, 0.2) is 42.5 Å². The molecule has 0 aliphatic heterocycles. The Morgan fingerprint density at radius 3 is 2.29 bits per heavy atom. The number of nitrogens with two attached hydrogens (primary N) is 1. The second-order valence-corrected chi connectivity index (χ2v) is 10.5. The SMILES string of the molecule is CC(C)(C)[C@H](NC(=O)[C@H](Cc1ccc2ccccc2c1)[C@H](OC1CCCCC1)C(=O)NO)C(N)=O. The molecule has 0 unspecified atom stereocenters. The molecule has 8 nitrogen and oxygen atoms in total. The van der Waals surface area contributed by atoms with Crippen molar-refractivity contribution >= 4 is 28.5 Å². The number of rotatable bonds is 9. The molecule has 8 heteroatoms. The van der Waals surface area contributed by atoms with Crippen LogP contribution < -0.4 is 16.5 Å². The second kappa shape index (κ2) is 11.6. The molecular weight excluding hydrogens is 446 g/mol. The lowest BCUT2D eigenvalue weighted by atomic mass is 9.84. The van der Waals surface area contributed by atoms with Gasteiger partial charge in [-0.05, 0) is 41.0 Å². The van der Waals surface area contributed by atoms with Crippen molar-refractivity contribution in [3.8, 4) is 0 Å². The Hall–Kier alpha value is -2.97. The zero-order chi connectivity index (χ0) is 25.6. The number of fused-ring (bicyclic) bond motifs is 1. The maximum Gasteiger partial charge on any atom is 0.273 e. The molecule has 3 atom stereocenters. The van der Waals surface area contributed by atoms with Gasteiger partial charge in [0.1, 0.15) is 6.04 Å². The summed E-state index contributed by atoms with van der Waals surface area (Å²) in [6, 6.07) is 12.8. The third-order valence-corrected chi connectivity index (χ3v) is 6.67. The summed E-state index contributed by atoms with van der Waals surface area (Å²) in [7, 11) is 0.